The average molecular weight is 356 g/mol. The molecule has 0 aromatic rings. The van der Waals surface area contributed by atoms with Crippen LogP contribution in [0.3, 0.4) is 0 Å². The van der Waals surface area contributed by atoms with Crippen LogP contribution in [0.4, 0.5) is 0 Å². The fourth-order valence-electron chi connectivity index (χ4n) is 3.99. The highest BCUT2D eigenvalue weighted by Gasteiger charge is 2.27. The normalized spacial score (nSPS) is 17.0. The molecule has 25 heavy (non-hydrogen) atoms. The minimum Gasteiger partial charge on any atom is -0.396 e. The number of unbranched alkanes of at least 4 members (excludes halogenated alkanes) is 13. The van der Waals surface area contributed by atoms with Gasteiger partial charge in [-0.1, -0.05) is 83.5 Å². The number of rotatable bonds is 17. The molecule has 0 aliphatic heterocycles. The van der Waals surface area contributed by atoms with Crippen LogP contribution in [-0.2, 0) is 0 Å². The van der Waals surface area contributed by atoms with E-state index in [2.05, 4.69) is 5.32 Å². The lowest BCUT2D eigenvalue weighted by Gasteiger charge is -2.33. The Morgan fingerprint density at radius 3 is 1.40 bits per heavy atom. The van der Waals surface area contributed by atoms with Gasteiger partial charge in [-0.15, -0.1) is 0 Å². The second-order valence-corrected chi connectivity index (χ2v) is 8.19. The molecule has 0 heterocycles. The van der Waals surface area contributed by atoms with E-state index in [-0.39, 0.29) is 0 Å². The lowest BCUT2D eigenvalue weighted by molar-refractivity contribution is -0.0278. The zero-order chi connectivity index (χ0) is 18.1. The van der Waals surface area contributed by atoms with Crippen LogP contribution in [0.2, 0.25) is 0 Å². The van der Waals surface area contributed by atoms with Crippen molar-refractivity contribution in [2.75, 3.05) is 13.2 Å². The van der Waals surface area contributed by atoms with Crippen molar-refractivity contribution in [3.05, 3.63) is 0 Å². The molecule has 3 heteroatoms. The lowest BCUT2D eigenvalue weighted by atomic mass is 9.91. The first-order valence-corrected chi connectivity index (χ1v) is 11.4. The number of nitrogens with one attached hydrogen (secondary N) is 1. The summed E-state index contributed by atoms with van der Waals surface area (Å²) in [7, 11) is 0. The highest BCUT2D eigenvalue weighted by Crippen LogP contribution is 2.25. The lowest BCUT2D eigenvalue weighted by Crippen LogP contribution is -2.46. The van der Waals surface area contributed by atoms with Crippen molar-refractivity contribution in [2.24, 2.45) is 0 Å². The Bertz CT molecular complexity index is 277. The molecule has 0 spiro atoms. The van der Waals surface area contributed by atoms with Gasteiger partial charge in [-0.05, 0) is 45.1 Å². The van der Waals surface area contributed by atoms with Crippen LogP contribution in [-0.4, -0.2) is 29.1 Å². The van der Waals surface area contributed by atoms with Crippen LogP contribution in [0.25, 0.3) is 0 Å². The van der Waals surface area contributed by atoms with Crippen molar-refractivity contribution in [1.29, 1.82) is 0 Å². The van der Waals surface area contributed by atoms with Gasteiger partial charge in [-0.25, -0.2) is 0 Å². The average Bonchev–Trinajstić information content (AvgIpc) is 2.62. The Balaban J connectivity index is 1.72. The quantitative estimate of drug-likeness (QED) is 0.232. The van der Waals surface area contributed by atoms with Gasteiger partial charge in [-0.3, -0.25) is 5.32 Å². The fraction of sp³-hybridized carbons (Fsp3) is 1.00. The van der Waals surface area contributed by atoms with E-state index in [1.165, 1.54) is 103 Å². The molecule has 150 valence electrons. The van der Waals surface area contributed by atoms with Crippen LogP contribution in [0.1, 0.15) is 122 Å². The van der Waals surface area contributed by atoms with Crippen LogP contribution in [0.5, 0.6) is 0 Å². The van der Waals surface area contributed by atoms with Crippen LogP contribution < -0.4 is 5.32 Å². The molecular formula is C22H45NO2. The highest BCUT2D eigenvalue weighted by atomic mass is 16.3. The van der Waals surface area contributed by atoms with Gasteiger partial charge in [0.1, 0.15) is 5.72 Å². The Kier molecular flexibility index (Phi) is 14.7. The third-order valence-corrected chi connectivity index (χ3v) is 5.72. The molecule has 1 fully saturated rings. The maximum atomic E-state index is 10.4. The van der Waals surface area contributed by atoms with Gasteiger partial charge < -0.3 is 10.2 Å². The standard InChI is InChI=1S/C22H45NO2/c24-21-17-12-10-8-6-4-2-1-3-5-7-9-11-16-20-23-22(25)18-14-13-15-19-22/h23-25H,1-21H2. The molecule has 0 bridgehead atoms. The second kappa shape index (κ2) is 16.1. The van der Waals surface area contributed by atoms with Gasteiger partial charge in [0, 0.05) is 6.61 Å². The molecule has 1 saturated carbocycles. The first-order valence-electron chi connectivity index (χ1n) is 11.4. The maximum absolute atomic E-state index is 10.4. The first kappa shape index (κ1) is 22.9. The van der Waals surface area contributed by atoms with E-state index in [1.54, 1.807) is 0 Å². The van der Waals surface area contributed by atoms with Gasteiger partial charge in [0.25, 0.3) is 0 Å². The second-order valence-electron chi connectivity index (χ2n) is 8.19. The molecule has 0 atom stereocenters. The topological polar surface area (TPSA) is 52.5 Å². The summed E-state index contributed by atoms with van der Waals surface area (Å²) in [6.45, 7) is 1.34. The maximum Gasteiger partial charge on any atom is 0.116 e. The fourth-order valence-corrected chi connectivity index (χ4v) is 3.99. The zero-order valence-corrected chi connectivity index (χ0v) is 16.7. The van der Waals surface area contributed by atoms with Gasteiger partial charge in [0.15, 0.2) is 0 Å². The summed E-state index contributed by atoms with van der Waals surface area (Å²) in [4.78, 5) is 0. The smallest absolute Gasteiger partial charge is 0.116 e. The predicted molar refractivity (Wildman–Crippen MR) is 108 cm³/mol. The molecule has 0 aromatic heterocycles. The van der Waals surface area contributed by atoms with Gasteiger partial charge in [-0.2, -0.15) is 0 Å². The van der Waals surface area contributed by atoms with E-state index in [0.717, 1.165) is 25.8 Å². The minimum atomic E-state index is -0.545. The molecule has 1 aliphatic carbocycles. The highest BCUT2D eigenvalue weighted by molar-refractivity contribution is 4.79. The number of aliphatic hydroxyl groups is 2. The summed E-state index contributed by atoms with van der Waals surface area (Å²) in [5.41, 5.74) is -0.545. The number of hydrogen-bond acceptors (Lipinski definition) is 3. The zero-order valence-electron chi connectivity index (χ0n) is 16.7. The molecule has 1 rings (SSSR count). The molecule has 0 amide bonds. The number of aliphatic hydroxyl groups excluding tert-OH is 1. The summed E-state index contributed by atoms with van der Waals surface area (Å²) in [5, 5.41) is 22.5. The Hall–Kier alpha value is -0.120. The van der Waals surface area contributed by atoms with Gasteiger partial charge >= 0.3 is 0 Å². The third-order valence-electron chi connectivity index (χ3n) is 5.72. The molecular weight excluding hydrogens is 310 g/mol. The van der Waals surface area contributed by atoms with E-state index in [1.807, 2.05) is 0 Å². The van der Waals surface area contributed by atoms with Gasteiger partial charge in [0.05, 0.1) is 0 Å². The molecule has 1 aliphatic rings. The molecule has 0 unspecified atom stereocenters. The summed E-state index contributed by atoms with van der Waals surface area (Å²) in [6, 6.07) is 0. The monoisotopic (exact) mass is 355 g/mol. The van der Waals surface area contributed by atoms with Crippen LogP contribution in [0, 0.1) is 0 Å². The Morgan fingerprint density at radius 1 is 0.560 bits per heavy atom. The SMILES string of the molecule is OCCCCCCCCCCCCCCCCNC1(O)CCCCC1. The predicted octanol–water partition coefficient (Wildman–Crippen LogP) is 5.68. The van der Waals surface area contributed by atoms with E-state index in [4.69, 9.17) is 5.11 Å². The van der Waals surface area contributed by atoms with E-state index in [0.29, 0.717) is 6.61 Å². The van der Waals surface area contributed by atoms with E-state index < -0.39 is 5.72 Å². The summed E-state index contributed by atoms with van der Waals surface area (Å²) in [5.74, 6) is 0. The summed E-state index contributed by atoms with van der Waals surface area (Å²) < 4.78 is 0. The summed E-state index contributed by atoms with van der Waals surface area (Å²) in [6.07, 6.45) is 24.0. The van der Waals surface area contributed by atoms with Crippen molar-refractivity contribution in [2.45, 2.75) is 128 Å². The largest absolute Gasteiger partial charge is 0.396 e. The van der Waals surface area contributed by atoms with Crippen molar-refractivity contribution in [3.8, 4) is 0 Å². The molecule has 0 aromatic carbocycles. The Morgan fingerprint density at radius 2 is 0.960 bits per heavy atom. The minimum absolute atomic E-state index is 0.360. The van der Waals surface area contributed by atoms with Crippen molar-refractivity contribution < 1.29 is 10.2 Å². The Labute approximate surface area is 157 Å². The molecule has 3 nitrogen and oxygen atoms in total. The van der Waals surface area contributed by atoms with Crippen molar-refractivity contribution in [1.82, 2.24) is 5.32 Å². The van der Waals surface area contributed by atoms with Gasteiger partial charge in [0.2, 0.25) is 0 Å². The molecule has 0 saturated heterocycles. The van der Waals surface area contributed by atoms with Crippen molar-refractivity contribution in [3.63, 3.8) is 0 Å². The number of hydrogen-bond donors (Lipinski definition) is 3. The summed E-state index contributed by atoms with van der Waals surface area (Å²) >= 11 is 0. The third kappa shape index (κ3) is 13.7. The van der Waals surface area contributed by atoms with Crippen LogP contribution >= 0.6 is 0 Å². The molecule has 3 N–H and O–H groups in total. The van der Waals surface area contributed by atoms with E-state index in [9.17, 15) is 5.11 Å². The molecule has 0 radical (unpaired) electrons. The first-order chi connectivity index (χ1) is 12.3. The van der Waals surface area contributed by atoms with E-state index >= 15 is 0 Å². The van der Waals surface area contributed by atoms with Crippen LogP contribution in [0.15, 0.2) is 0 Å². The van der Waals surface area contributed by atoms with Crippen molar-refractivity contribution >= 4 is 0 Å².